The van der Waals surface area contributed by atoms with Gasteiger partial charge in [-0.3, -0.25) is 9.80 Å². The molecule has 0 aliphatic carbocycles. The Morgan fingerprint density at radius 2 is 1.81 bits per heavy atom. The van der Waals surface area contributed by atoms with Gasteiger partial charge in [0.05, 0.1) is 0 Å². The average molecular weight is 368 g/mol. The Kier molecular flexibility index (Phi) is 7.16. The highest BCUT2D eigenvalue weighted by Crippen LogP contribution is 2.17. The molecule has 1 atom stereocenters. The predicted octanol–water partition coefficient (Wildman–Crippen LogP) is 3.72. The molecule has 1 saturated heterocycles. The first-order valence-electron chi connectivity index (χ1n) is 9.69. The van der Waals surface area contributed by atoms with Crippen LogP contribution in [0.4, 0.5) is 4.39 Å². The molecule has 1 aliphatic heterocycles. The van der Waals surface area contributed by atoms with Crippen LogP contribution in [-0.4, -0.2) is 53.7 Å². The summed E-state index contributed by atoms with van der Waals surface area (Å²) in [4.78, 5) is 4.91. The molecule has 144 valence electrons. The predicted molar refractivity (Wildman–Crippen MR) is 109 cm³/mol. The molecule has 27 heavy (non-hydrogen) atoms. The standard InChI is InChI=1S/C23H29FN2O/c1-19-4-6-21(7-5-19)17-26-15-14-25(18-23(26)12-16-27)13-2-3-20-8-10-22(24)11-9-20/h2-11,23,27H,12-18H2,1H3/b3-2+. The zero-order valence-electron chi connectivity index (χ0n) is 16.0. The lowest BCUT2D eigenvalue weighted by molar-refractivity contribution is 0.0597. The molecule has 1 unspecified atom stereocenters. The van der Waals surface area contributed by atoms with Crippen molar-refractivity contribution in [2.24, 2.45) is 0 Å². The number of hydrogen-bond acceptors (Lipinski definition) is 3. The highest BCUT2D eigenvalue weighted by atomic mass is 19.1. The van der Waals surface area contributed by atoms with Crippen molar-refractivity contribution in [3.8, 4) is 0 Å². The second-order valence-corrected chi connectivity index (χ2v) is 7.34. The van der Waals surface area contributed by atoms with Crippen LogP contribution in [0.2, 0.25) is 0 Å². The van der Waals surface area contributed by atoms with E-state index in [-0.39, 0.29) is 12.4 Å². The van der Waals surface area contributed by atoms with Crippen molar-refractivity contribution in [1.82, 2.24) is 9.80 Å². The van der Waals surface area contributed by atoms with Crippen LogP contribution in [0, 0.1) is 12.7 Å². The quantitative estimate of drug-likeness (QED) is 0.807. The molecule has 0 spiro atoms. The maximum Gasteiger partial charge on any atom is 0.123 e. The Labute approximate surface area is 161 Å². The van der Waals surface area contributed by atoms with E-state index in [4.69, 9.17) is 0 Å². The molecule has 0 saturated carbocycles. The summed E-state index contributed by atoms with van der Waals surface area (Å²) in [5.74, 6) is -0.205. The molecule has 0 radical (unpaired) electrons. The number of rotatable bonds is 7. The molecule has 1 aliphatic rings. The van der Waals surface area contributed by atoms with Gasteiger partial charge in [0.25, 0.3) is 0 Å². The van der Waals surface area contributed by atoms with Crippen LogP contribution in [0.15, 0.2) is 54.6 Å². The lowest BCUT2D eigenvalue weighted by Gasteiger charge is -2.41. The lowest BCUT2D eigenvalue weighted by atomic mass is 10.1. The fourth-order valence-electron chi connectivity index (χ4n) is 3.59. The van der Waals surface area contributed by atoms with Crippen LogP contribution < -0.4 is 0 Å². The minimum Gasteiger partial charge on any atom is -0.396 e. The van der Waals surface area contributed by atoms with Crippen LogP contribution in [-0.2, 0) is 6.54 Å². The fourth-order valence-corrected chi connectivity index (χ4v) is 3.59. The third kappa shape index (κ3) is 5.99. The summed E-state index contributed by atoms with van der Waals surface area (Å²) in [7, 11) is 0. The van der Waals surface area contributed by atoms with E-state index in [1.807, 2.05) is 6.08 Å². The third-order valence-corrected chi connectivity index (χ3v) is 5.20. The van der Waals surface area contributed by atoms with Gasteiger partial charge in [0.1, 0.15) is 5.82 Å². The van der Waals surface area contributed by atoms with Gasteiger partial charge in [-0.15, -0.1) is 0 Å². The van der Waals surface area contributed by atoms with E-state index < -0.39 is 0 Å². The van der Waals surface area contributed by atoms with Gasteiger partial charge in [-0.05, 0) is 36.6 Å². The van der Waals surface area contributed by atoms with E-state index in [1.54, 1.807) is 12.1 Å². The summed E-state index contributed by atoms with van der Waals surface area (Å²) < 4.78 is 13.0. The van der Waals surface area contributed by atoms with Crippen LogP contribution in [0.1, 0.15) is 23.1 Å². The maximum absolute atomic E-state index is 13.0. The molecule has 3 nitrogen and oxygen atoms in total. The first-order chi connectivity index (χ1) is 13.1. The molecule has 2 aromatic carbocycles. The van der Waals surface area contributed by atoms with Crippen molar-refractivity contribution in [2.75, 3.05) is 32.8 Å². The van der Waals surface area contributed by atoms with Gasteiger partial charge in [-0.2, -0.15) is 0 Å². The largest absolute Gasteiger partial charge is 0.396 e. The molecule has 4 heteroatoms. The number of aliphatic hydroxyl groups excluding tert-OH is 1. The third-order valence-electron chi connectivity index (χ3n) is 5.20. The first kappa shape index (κ1) is 19.7. The molecule has 0 bridgehead atoms. The summed E-state index contributed by atoms with van der Waals surface area (Å²) in [5, 5.41) is 9.48. The lowest BCUT2D eigenvalue weighted by Crippen LogP contribution is -2.52. The molecule has 1 heterocycles. The zero-order chi connectivity index (χ0) is 19.1. The minimum atomic E-state index is -0.205. The van der Waals surface area contributed by atoms with Gasteiger partial charge < -0.3 is 5.11 Å². The monoisotopic (exact) mass is 368 g/mol. The van der Waals surface area contributed by atoms with Crippen molar-refractivity contribution in [2.45, 2.75) is 25.9 Å². The number of aryl methyl sites for hydroxylation is 1. The average Bonchev–Trinajstić information content (AvgIpc) is 2.67. The summed E-state index contributed by atoms with van der Waals surface area (Å²) in [6, 6.07) is 15.6. The number of nitrogens with zero attached hydrogens (tertiary/aromatic N) is 2. The smallest absolute Gasteiger partial charge is 0.123 e. The second-order valence-electron chi connectivity index (χ2n) is 7.34. The molecular formula is C23H29FN2O. The SMILES string of the molecule is Cc1ccc(CN2CCN(C/C=C/c3ccc(F)cc3)CC2CCO)cc1. The van der Waals surface area contributed by atoms with Crippen molar-refractivity contribution < 1.29 is 9.50 Å². The van der Waals surface area contributed by atoms with E-state index in [2.05, 4.69) is 47.1 Å². The topological polar surface area (TPSA) is 26.7 Å². The van der Waals surface area contributed by atoms with Crippen LogP contribution in [0.5, 0.6) is 0 Å². The molecule has 3 rings (SSSR count). The van der Waals surface area contributed by atoms with Gasteiger partial charge in [0, 0.05) is 45.4 Å². The van der Waals surface area contributed by atoms with Gasteiger partial charge in [-0.25, -0.2) is 4.39 Å². The Bertz CT molecular complexity index is 727. The molecule has 0 amide bonds. The van der Waals surface area contributed by atoms with Crippen LogP contribution >= 0.6 is 0 Å². The zero-order valence-corrected chi connectivity index (χ0v) is 16.0. The number of piperazine rings is 1. The Morgan fingerprint density at radius 3 is 2.52 bits per heavy atom. The minimum absolute atomic E-state index is 0.205. The number of aliphatic hydroxyl groups is 1. The summed E-state index contributed by atoms with van der Waals surface area (Å²) in [5.41, 5.74) is 3.62. The molecule has 0 aromatic heterocycles. The van der Waals surface area contributed by atoms with Crippen molar-refractivity contribution >= 4 is 6.08 Å². The maximum atomic E-state index is 13.0. The van der Waals surface area contributed by atoms with E-state index in [0.29, 0.717) is 6.04 Å². The highest BCUT2D eigenvalue weighted by Gasteiger charge is 2.25. The Morgan fingerprint density at radius 1 is 1.07 bits per heavy atom. The number of benzene rings is 2. The Balaban J connectivity index is 1.54. The van der Waals surface area contributed by atoms with E-state index in [1.165, 1.54) is 23.3 Å². The van der Waals surface area contributed by atoms with Crippen molar-refractivity contribution in [1.29, 1.82) is 0 Å². The van der Waals surface area contributed by atoms with Gasteiger partial charge in [0.15, 0.2) is 0 Å². The fraction of sp³-hybridized carbons (Fsp3) is 0.391. The van der Waals surface area contributed by atoms with E-state index in [9.17, 15) is 9.50 Å². The number of hydrogen-bond donors (Lipinski definition) is 1. The first-order valence-corrected chi connectivity index (χ1v) is 9.69. The molecule has 1 fully saturated rings. The van der Waals surface area contributed by atoms with E-state index in [0.717, 1.165) is 44.7 Å². The van der Waals surface area contributed by atoms with Crippen molar-refractivity contribution in [3.63, 3.8) is 0 Å². The van der Waals surface area contributed by atoms with Gasteiger partial charge in [0.2, 0.25) is 0 Å². The van der Waals surface area contributed by atoms with E-state index >= 15 is 0 Å². The second kappa shape index (κ2) is 9.79. The van der Waals surface area contributed by atoms with Crippen LogP contribution in [0.25, 0.3) is 6.08 Å². The molecular weight excluding hydrogens is 339 g/mol. The number of halogens is 1. The summed E-state index contributed by atoms with van der Waals surface area (Å²) in [6.45, 7) is 7.11. The van der Waals surface area contributed by atoms with Gasteiger partial charge >= 0.3 is 0 Å². The normalized spacial score (nSPS) is 19.0. The van der Waals surface area contributed by atoms with Crippen molar-refractivity contribution in [3.05, 3.63) is 77.1 Å². The highest BCUT2D eigenvalue weighted by molar-refractivity contribution is 5.48. The summed E-state index contributed by atoms with van der Waals surface area (Å²) >= 11 is 0. The Hall–Kier alpha value is -2.01. The molecule has 2 aromatic rings. The van der Waals surface area contributed by atoms with Crippen LogP contribution in [0.3, 0.4) is 0 Å². The van der Waals surface area contributed by atoms with Gasteiger partial charge in [-0.1, -0.05) is 54.1 Å². The molecule has 1 N–H and O–H groups in total. The summed E-state index contributed by atoms with van der Waals surface area (Å²) in [6.07, 6.45) is 4.97.